The van der Waals surface area contributed by atoms with Gasteiger partial charge in [-0.3, -0.25) is 0 Å². The third-order valence-electron chi connectivity index (χ3n) is 4.19. The van der Waals surface area contributed by atoms with Gasteiger partial charge in [-0.05, 0) is 83.4 Å². The molecule has 0 amide bonds. The van der Waals surface area contributed by atoms with Crippen LogP contribution >= 0.6 is 11.3 Å². The van der Waals surface area contributed by atoms with Gasteiger partial charge in [0.25, 0.3) is 0 Å². The molecule has 0 saturated carbocycles. The van der Waals surface area contributed by atoms with E-state index in [1.54, 1.807) is 47.7 Å². The van der Waals surface area contributed by atoms with E-state index in [9.17, 15) is 15.3 Å². The van der Waals surface area contributed by atoms with Gasteiger partial charge in [0.2, 0.25) is 0 Å². The predicted molar refractivity (Wildman–Crippen MR) is 106 cm³/mol. The molecule has 0 saturated heterocycles. The lowest BCUT2D eigenvalue weighted by Gasteiger charge is -2.05. The van der Waals surface area contributed by atoms with Gasteiger partial charge in [-0.25, -0.2) is 0 Å². The van der Waals surface area contributed by atoms with E-state index in [1.807, 2.05) is 36.4 Å². The topological polar surface area (TPSA) is 60.7 Å². The van der Waals surface area contributed by atoms with Gasteiger partial charge < -0.3 is 15.3 Å². The van der Waals surface area contributed by atoms with Crippen LogP contribution in [0.4, 0.5) is 0 Å². The van der Waals surface area contributed by atoms with Crippen LogP contribution in [0, 0.1) is 0 Å². The molecule has 4 aromatic rings. The number of aromatic hydroxyl groups is 3. The number of phenolic OH excluding ortho intramolecular Hbond substituents is 3. The summed E-state index contributed by atoms with van der Waals surface area (Å²) in [5, 5.41) is 28.7. The lowest BCUT2D eigenvalue weighted by Crippen LogP contribution is -1.79. The smallest absolute Gasteiger partial charge is 0.115 e. The minimum absolute atomic E-state index is 0.230. The zero-order chi connectivity index (χ0) is 18.1. The summed E-state index contributed by atoms with van der Waals surface area (Å²) in [5.74, 6) is 0.701. The van der Waals surface area contributed by atoms with Crippen molar-refractivity contribution < 1.29 is 15.3 Å². The highest BCUT2D eigenvalue weighted by Crippen LogP contribution is 2.44. The lowest BCUT2D eigenvalue weighted by molar-refractivity contribution is 0.475. The van der Waals surface area contributed by atoms with Crippen LogP contribution in [0.15, 0.2) is 78.9 Å². The van der Waals surface area contributed by atoms with Gasteiger partial charge in [0.15, 0.2) is 0 Å². The van der Waals surface area contributed by atoms with Crippen LogP contribution in [0.2, 0.25) is 0 Å². The molecule has 0 aliphatic carbocycles. The Kier molecular flexibility index (Phi) is 4.11. The van der Waals surface area contributed by atoms with Crippen molar-refractivity contribution in [1.29, 1.82) is 0 Å². The van der Waals surface area contributed by atoms with Gasteiger partial charge in [-0.15, -0.1) is 11.3 Å². The fraction of sp³-hybridized carbons (Fsp3) is 0. The highest BCUT2D eigenvalue weighted by atomic mass is 32.1. The van der Waals surface area contributed by atoms with E-state index in [2.05, 4.69) is 6.07 Å². The maximum atomic E-state index is 9.58. The molecule has 4 rings (SSSR count). The minimum Gasteiger partial charge on any atom is -0.508 e. The summed E-state index contributed by atoms with van der Waals surface area (Å²) in [6, 6.07) is 23.5. The summed E-state index contributed by atoms with van der Waals surface area (Å²) >= 11 is 1.65. The van der Waals surface area contributed by atoms with Crippen LogP contribution in [0.5, 0.6) is 17.2 Å². The summed E-state index contributed by atoms with van der Waals surface area (Å²) in [5.41, 5.74) is 4.11. The highest BCUT2D eigenvalue weighted by molar-refractivity contribution is 7.19. The molecular weight excluding hydrogens is 344 g/mol. The molecule has 1 heterocycles. The van der Waals surface area contributed by atoms with E-state index in [0.29, 0.717) is 0 Å². The Balaban J connectivity index is 1.88. The predicted octanol–water partition coefficient (Wildman–Crippen LogP) is 5.87. The van der Waals surface area contributed by atoms with Gasteiger partial charge >= 0.3 is 0 Å². The van der Waals surface area contributed by atoms with Crippen molar-refractivity contribution in [2.24, 2.45) is 0 Å². The molecular formula is C22H16O3S. The normalized spacial score (nSPS) is 10.8. The molecule has 0 radical (unpaired) electrons. The summed E-state index contributed by atoms with van der Waals surface area (Å²) in [6.45, 7) is 0. The molecule has 1 aromatic heterocycles. The zero-order valence-corrected chi connectivity index (χ0v) is 14.6. The molecule has 0 atom stereocenters. The lowest BCUT2D eigenvalue weighted by atomic mass is 10.0. The van der Waals surface area contributed by atoms with E-state index in [1.165, 1.54) is 0 Å². The van der Waals surface area contributed by atoms with Crippen LogP contribution in [-0.4, -0.2) is 15.3 Å². The number of rotatable bonds is 3. The van der Waals surface area contributed by atoms with E-state index in [0.717, 1.165) is 32.0 Å². The number of phenols is 3. The summed E-state index contributed by atoms with van der Waals surface area (Å²) < 4.78 is 0. The van der Waals surface area contributed by atoms with Crippen LogP contribution in [-0.2, 0) is 0 Å². The number of hydrogen-bond donors (Lipinski definition) is 3. The quantitative estimate of drug-likeness (QED) is 0.428. The molecule has 0 unspecified atom stereocenters. The Morgan fingerprint density at radius 2 is 0.923 bits per heavy atom. The average molecular weight is 360 g/mol. The van der Waals surface area contributed by atoms with Crippen molar-refractivity contribution in [3.8, 4) is 49.3 Å². The van der Waals surface area contributed by atoms with E-state index in [-0.39, 0.29) is 17.2 Å². The van der Waals surface area contributed by atoms with E-state index >= 15 is 0 Å². The maximum Gasteiger partial charge on any atom is 0.115 e. The van der Waals surface area contributed by atoms with Crippen LogP contribution in [0.3, 0.4) is 0 Å². The Hall–Kier alpha value is -3.24. The molecule has 128 valence electrons. The third-order valence-corrected chi connectivity index (χ3v) is 5.42. The third kappa shape index (κ3) is 3.15. The molecule has 4 heteroatoms. The number of benzene rings is 3. The monoisotopic (exact) mass is 360 g/mol. The SMILES string of the molecule is Oc1ccc(-c2cc(-c3ccc(O)cc3)c(-c3ccc(O)cc3)s2)cc1. The largest absolute Gasteiger partial charge is 0.508 e. The molecule has 3 nitrogen and oxygen atoms in total. The second-order valence-corrected chi connectivity index (χ2v) is 7.05. The summed E-state index contributed by atoms with van der Waals surface area (Å²) in [6.07, 6.45) is 0. The zero-order valence-electron chi connectivity index (χ0n) is 13.8. The van der Waals surface area contributed by atoms with Crippen molar-refractivity contribution in [3.63, 3.8) is 0 Å². The molecule has 3 N–H and O–H groups in total. The van der Waals surface area contributed by atoms with Gasteiger partial charge in [-0.2, -0.15) is 0 Å². The molecule has 26 heavy (non-hydrogen) atoms. The van der Waals surface area contributed by atoms with Gasteiger partial charge in [-0.1, -0.05) is 12.1 Å². The molecule has 0 fully saturated rings. The number of thiophene rings is 1. The van der Waals surface area contributed by atoms with Crippen LogP contribution in [0.25, 0.3) is 32.0 Å². The van der Waals surface area contributed by atoms with Crippen molar-refractivity contribution in [2.75, 3.05) is 0 Å². The van der Waals surface area contributed by atoms with Gasteiger partial charge in [0.05, 0.1) is 0 Å². The Morgan fingerprint density at radius 3 is 1.42 bits per heavy atom. The Labute approximate surface area is 155 Å². The second-order valence-electron chi connectivity index (χ2n) is 5.99. The van der Waals surface area contributed by atoms with E-state index in [4.69, 9.17) is 0 Å². The van der Waals surface area contributed by atoms with Crippen LogP contribution < -0.4 is 0 Å². The Bertz CT molecular complexity index is 967. The van der Waals surface area contributed by atoms with Crippen molar-refractivity contribution >= 4 is 11.3 Å². The van der Waals surface area contributed by atoms with Crippen molar-refractivity contribution in [1.82, 2.24) is 0 Å². The first-order valence-electron chi connectivity index (χ1n) is 8.12. The van der Waals surface area contributed by atoms with Crippen LogP contribution in [0.1, 0.15) is 0 Å². The van der Waals surface area contributed by atoms with Crippen molar-refractivity contribution in [3.05, 3.63) is 78.9 Å². The fourth-order valence-electron chi connectivity index (χ4n) is 2.84. The number of hydrogen-bond acceptors (Lipinski definition) is 4. The molecule has 3 aromatic carbocycles. The van der Waals surface area contributed by atoms with Gasteiger partial charge in [0, 0.05) is 15.3 Å². The first-order chi connectivity index (χ1) is 12.6. The molecule has 0 bridgehead atoms. The fourth-order valence-corrected chi connectivity index (χ4v) is 4.03. The Morgan fingerprint density at radius 1 is 0.500 bits per heavy atom. The minimum atomic E-state index is 0.230. The van der Waals surface area contributed by atoms with Crippen molar-refractivity contribution in [2.45, 2.75) is 0 Å². The molecule has 0 aliphatic rings. The molecule has 0 spiro atoms. The summed E-state index contributed by atoms with van der Waals surface area (Å²) in [4.78, 5) is 2.16. The summed E-state index contributed by atoms with van der Waals surface area (Å²) in [7, 11) is 0. The first-order valence-corrected chi connectivity index (χ1v) is 8.94. The second kappa shape index (κ2) is 6.58. The highest BCUT2D eigenvalue weighted by Gasteiger charge is 2.14. The van der Waals surface area contributed by atoms with Gasteiger partial charge in [0.1, 0.15) is 17.2 Å². The average Bonchev–Trinajstić information content (AvgIpc) is 3.09. The first kappa shape index (κ1) is 16.2. The maximum absolute atomic E-state index is 9.58. The van der Waals surface area contributed by atoms with E-state index < -0.39 is 0 Å². The standard InChI is InChI=1S/C22H16O3S/c23-17-7-1-14(2-8-17)20-13-21(15-3-9-18(24)10-4-15)26-22(20)16-5-11-19(25)12-6-16/h1-13,23-25H. The molecule has 0 aliphatic heterocycles.